The topological polar surface area (TPSA) is 36.1 Å². The summed E-state index contributed by atoms with van der Waals surface area (Å²) >= 11 is 0. The van der Waals surface area contributed by atoms with Crippen molar-refractivity contribution in [3.63, 3.8) is 0 Å². The quantitative estimate of drug-likeness (QED) is 0.172. The molecule has 0 aliphatic carbocycles. The fraction of sp³-hybridized carbons (Fsp3) is 0. The summed E-state index contributed by atoms with van der Waals surface area (Å²) in [5.74, 6) is 0. The van der Waals surface area contributed by atoms with E-state index in [1.165, 1.54) is 71.2 Å². The van der Waals surface area contributed by atoms with Crippen LogP contribution in [-0.2, 0) is 0 Å². The maximum Gasteiger partial charge on any atom is 0.143 e. The Labute approximate surface area is 425 Å². The molecule has 0 spiro atoms. The van der Waals surface area contributed by atoms with Crippen LogP contribution in [0.25, 0.3) is 143 Å². The summed E-state index contributed by atoms with van der Waals surface area (Å²) in [5, 5.41) is 12.1. The highest BCUT2D eigenvalue weighted by Crippen LogP contribution is 2.42. The van der Waals surface area contributed by atoms with Gasteiger partial charge in [0.2, 0.25) is 0 Å². The van der Waals surface area contributed by atoms with Crippen LogP contribution in [-0.4, -0.2) is 9.13 Å². The van der Waals surface area contributed by atoms with E-state index in [0.29, 0.717) is 0 Å². The van der Waals surface area contributed by atoms with Crippen LogP contribution in [0.1, 0.15) is 0 Å². The van der Waals surface area contributed by atoms with E-state index < -0.39 is 0 Å². The molecule has 0 fully saturated rings. The molecule has 0 amide bonds. The normalized spacial score (nSPS) is 11.8. The molecular weight excluding hydrogens is 901 g/mol. The Bertz CT molecular complexity index is 4840. The number of para-hydroxylation sites is 6. The number of rotatable bonds is 5. The molecule has 16 aromatic rings. The van der Waals surface area contributed by atoms with Crippen LogP contribution in [0.4, 0.5) is 0 Å². The average Bonchev–Trinajstić information content (AvgIpc) is 4.23. The third-order valence-corrected chi connectivity index (χ3v) is 15.0. The average molecular weight is 945 g/mol. The number of aromatic nitrogens is 2. The van der Waals surface area contributed by atoms with Crippen LogP contribution in [0.15, 0.2) is 276 Å². The Morgan fingerprint density at radius 2 is 0.649 bits per heavy atom. The standard InChI is InChI=1S/C36H23NO.C34H21NO/c1-2-9-24(10-3-1)25-17-20-27(21-18-25)37-33-15-6-4-11-29(33)30-22-19-26(23-34(30)37)28-13-8-14-32-31-12-5-7-16-35(31)38-36(28)32;1-2-9-23-20-25(18-16-22(23)8-1)35-31-14-5-3-10-27(31)28-19-17-24(21-32(28)35)26-12-7-13-30-29-11-4-6-15-33(29)36-34(26)30/h1-23H;1-21H. The molecule has 0 saturated carbocycles. The summed E-state index contributed by atoms with van der Waals surface area (Å²) in [6.07, 6.45) is 0. The Balaban J connectivity index is 0.000000131. The lowest BCUT2D eigenvalue weighted by Gasteiger charge is -2.10. The first-order chi connectivity index (χ1) is 36.7. The molecule has 0 saturated heterocycles. The van der Waals surface area contributed by atoms with Gasteiger partial charge in [0.05, 0.1) is 22.1 Å². The fourth-order valence-corrected chi connectivity index (χ4v) is 11.5. The highest BCUT2D eigenvalue weighted by molar-refractivity contribution is 6.15. The first-order valence-electron chi connectivity index (χ1n) is 25.2. The van der Waals surface area contributed by atoms with E-state index in [9.17, 15) is 0 Å². The number of hydrogen-bond acceptors (Lipinski definition) is 2. The summed E-state index contributed by atoms with van der Waals surface area (Å²) in [4.78, 5) is 0. The summed E-state index contributed by atoms with van der Waals surface area (Å²) in [7, 11) is 0. The molecule has 4 nitrogen and oxygen atoms in total. The second kappa shape index (κ2) is 16.9. The Morgan fingerprint density at radius 1 is 0.230 bits per heavy atom. The first kappa shape index (κ1) is 41.8. The molecule has 4 heteroatoms. The molecule has 0 aliphatic heterocycles. The van der Waals surface area contributed by atoms with Gasteiger partial charge in [-0.3, -0.25) is 0 Å². The van der Waals surface area contributed by atoms with E-state index in [4.69, 9.17) is 8.83 Å². The predicted octanol–water partition coefficient (Wildman–Crippen LogP) is 19.5. The molecule has 0 bridgehead atoms. The van der Waals surface area contributed by atoms with Crippen molar-refractivity contribution in [3.05, 3.63) is 267 Å². The van der Waals surface area contributed by atoms with Gasteiger partial charge >= 0.3 is 0 Å². The van der Waals surface area contributed by atoms with Crippen molar-refractivity contribution in [2.45, 2.75) is 0 Å². The summed E-state index contributed by atoms with van der Waals surface area (Å²) in [6.45, 7) is 0. The SMILES string of the molecule is c1ccc(-c2ccc(-n3c4ccccc4c4ccc(-c5cccc6c5oc5ccccc56)cc43)cc2)cc1.c1ccc2cc(-n3c4ccccc4c4ccc(-c5cccc6c5oc5ccccc56)cc43)ccc2c1. The molecule has 0 radical (unpaired) electrons. The van der Waals surface area contributed by atoms with Crippen LogP contribution in [0.3, 0.4) is 0 Å². The van der Waals surface area contributed by atoms with Crippen LogP contribution in [0, 0.1) is 0 Å². The third kappa shape index (κ3) is 6.69. The van der Waals surface area contributed by atoms with Gasteiger partial charge in [-0.1, -0.05) is 206 Å². The number of hydrogen-bond donors (Lipinski definition) is 0. The lowest BCUT2D eigenvalue weighted by atomic mass is 10.0. The molecule has 12 aromatic carbocycles. The molecule has 16 rings (SSSR count). The lowest BCUT2D eigenvalue weighted by molar-refractivity contribution is 0.669. The van der Waals surface area contributed by atoms with E-state index in [1.807, 2.05) is 24.3 Å². The van der Waals surface area contributed by atoms with Crippen molar-refractivity contribution in [1.29, 1.82) is 0 Å². The Hall–Kier alpha value is -9.90. The second-order valence-electron chi connectivity index (χ2n) is 19.2. The Morgan fingerprint density at radius 3 is 1.23 bits per heavy atom. The zero-order chi connectivity index (χ0) is 48.7. The van der Waals surface area contributed by atoms with Gasteiger partial charge in [0, 0.05) is 65.6 Å². The summed E-state index contributed by atoms with van der Waals surface area (Å²) < 4.78 is 17.5. The smallest absolute Gasteiger partial charge is 0.143 e. The zero-order valence-electron chi connectivity index (χ0n) is 40.1. The lowest BCUT2D eigenvalue weighted by Crippen LogP contribution is -1.94. The van der Waals surface area contributed by atoms with Crippen molar-refractivity contribution >= 4 is 98.3 Å². The van der Waals surface area contributed by atoms with Gasteiger partial charge in [-0.05, 0) is 93.7 Å². The summed E-state index contributed by atoms with van der Waals surface area (Å²) in [6, 6.07) is 95.0. The molecule has 0 atom stereocenters. The largest absolute Gasteiger partial charge is 0.455 e. The predicted molar refractivity (Wildman–Crippen MR) is 310 cm³/mol. The number of benzene rings is 12. The van der Waals surface area contributed by atoms with Gasteiger partial charge in [-0.25, -0.2) is 0 Å². The van der Waals surface area contributed by atoms with Crippen molar-refractivity contribution in [2.24, 2.45) is 0 Å². The van der Waals surface area contributed by atoms with E-state index in [1.54, 1.807) is 0 Å². The minimum atomic E-state index is 0.920. The first-order valence-corrected chi connectivity index (χ1v) is 25.2. The minimum absolute atomic E-state index is 0.920. The van der Waals surface area contributed by atoms with E-state index in [0.717, 1.165) is 71.8 Å². The van der Waals surface area contributed by atoms with Gasteiger partial charge in [0.1, 0.15) is 22.3 Å². The fourth-order valence-electron chi connectivity index (χ4n) is 11.5. The molecule has 4 heterocycles. The van der Waals surface area contributed by atoms with Crippen LogP contribution < -0.4 is 0 Å². The van der Waals surface area contributed by atoms with Gasteiger partial charge in [0.25, 0.3) is 0 Å². The highest BCUT2D eigenvalue weighted by Gasteiger charge is 2.19. The van der Waals surface area contributed by atoms with E-state index >= 15 is 0 Å². The molecule has 0 unspecified atom stereocenters. The molecule has 0 aliphatic rings. The molecule has 4 aromatic heterocycles. The van der Waals surface area contributed by atoms with Gasteiger partial charge in [-0.2, -0.15) is 0 Å². The summed E-state index contributed by atoms with van der Waals surface area (Å²) in [5.41, 5.74) is 17.8. The van der Waals surface area contributed by atoms with Crippen LogP contribution in [0.5, 0.6) is 0 Å². The van der Waals surface area contributed by atoms with Crippen molar-refractivity contribution in [2.75, 3.05) is 0 Å². The number of furan rings is 2. The number of fused-ring (bicyclic) bond motifs is 13. The van der Waals surface area contributed by atoms with Gasteiger partial charge in [-0.15, -0.1) is 0 Å². The van der Waals surface area contributed by atoms with Gasteiger partial charge in [0.15, 0.2) is 0 Å². The maximum atomic E-state index is 6.37. The monoisotopic (exact) mass is 944 g/mol. The second-order valence-corrected chi connectivity index (χ2v) is 19.2. The molecular formula is C70H44N2O2. The molecule has 0 N–H and O–H groups in total. The van der Waals surface area contributed by atoms with Crippen molar-refractivity contribution in [1.82, 2.24) is 9.13 Å². The van der Waals surface area contributed by atoms with E-state index in [2.05, 4.69) is 252 Å². The number of nitrogens with zero attached hydrogens (tertiary/aromatic N) is 2. The Kier molecular flexibility index (Phi) is 9.54. The highest BCUT2D eigenvalue weighted by atomic mass is 16.3. The van der Waals surface area contributed by atoms with Crippen molar-refractivity contribution in [3.8, 4) is 44.8 Å². The van der Waals surface area contributed by atoms with Crippen LogP contribution in [0.2, 0.25) is 0 Å². The maximum absolute atomic E-state index is 6.37. The van der Waals surface area contributed by atoms with Crippen LogP contribution >= 0.6 is 0 Å². The zero-order valence-corrected chi connectivity index (χ0v) is 40.1. The molecule has 346 valence electrons. The van der Waals surface area contributed by atoms with Gasteiger partial charge < -0.3 is 18.0 Å². The minimum Gasteiger partial charge on any atom is -0.455 e. The van der Waals surface area contributed by atoms with Crippen molar-refractivity contribution < 1.29 is 8.83 Å². The molecule has 74 heavy (non-hydrogen) atoms. The van der Waals surface area contributed by atoms with E-state index in [-0.39, 0.29) is 0 Å². The third-order valence-electron chi connectivity index (χ3n) is 15.0.